The van der Waals surface area contributed by atoms with Crippen LogP contribution in [0.5, 0.6) is 0 Å². The maximum atomic E-state index is 12.6. The summed E-state index contributed by atoms with van der Waals surface area (Å²) in [5.41, 5.74) is 1.99. The summed E-state index contributed by atoms with van der Waals surface area (Å²) >= 11 is 2.53. The first-order valence-electron chi connectivity index (χ1n) is 11.2. The molecule has 1 aliphatic rings. The predicted molar refractivity (Wildman–Crippen MR) is 140 cm³/mol. The number of fused-ring (bicyclic) bond motifs is 2. The highest BCUT2D eigenvalue weighted by molar-refractivity contribution is 7.92. The molecule has 0 fully saturated rings. The summed E-state index contributed by atoms with van der Waals surface area (Å²) in [6, 6.07) is 7.49. The number of anilines is 1. The molecule has 0 unspecified atom stereocenters. The van der Waals surface area contributed by atoms with E-state index in [0.29, 0.717) is 17.8 Å². The fourth-order valence-corrected chi connectivity index (χ4v) is 7.49. The Morgan fingerprint density at radius 3 is 2.67 bits per heavy atom. The molecule has 190 valence electrons. The number of methoxy groups -OCH3 is 1. The van der Waals surface area contributed by atoms with Crippen molar-refractivity contribution in [1.29, 1.82) is 0 Å². The van der Waals surface area contributed by atoms with Crippen LogP contribution in [-0.4, -0.2) is 49.4 Å². The highest BCUT2D eigenvalue weighted by Crippen LogP contribution is 2.38. The molecule has 0 saturated heterocycles. The maximum absolute atomic E-state index is 12.6. The molecule has 1 aromatic carbocycles. The van der Waals surface area contributed by atoms with Crippen molar-refractivity contribution in [2.24, 2.45) is 4.99 Å². The molecular formula is C24H25N3O6S3. The third-order valence-corrected chi connectivity index (χ3v) is 9.28. The normalized spacial score (nSPS) is 13.9. The Bertz CT molecular complexity index is 1530. The van der Waals surface area contributed by atoms with Gasteiger partial charge in [0.2, 0.25) is 5.91 Å². The van der Waals surface area contributed by atoms with Gasteiger partial charge in [0.05, 0.1) is 22.9 Å². The van der Waals surface area contributed by atoms with E-state index in [-0.39, 0.29) is 10.6 Å². The summed E-state index contributed by atoms with van der Waals surface area (Å²) in [5, 5.41) is 2.83. The maximum Gasteiger partial charge on any atom is 0.341 e. The minimum atomic E-state index is -4.11. The number of rotatable bonds is 8. The zero-order valence-electron chi connectivity index (χ0n) is 19.6. The first-order chi connectivity index (χ1) is 17.2. The summed E-state index contributed by atoms with van der Waals surface area (Å²) < 4.78 is 32.8. The molecule has 0 bridgehead atoms. The molecule has 36 heavy (non-hydrogen) atoms. The number of thiazole rings is 1. The number of nitrogens with zero attached hydrogens (tertiary/aromatic N) is 2. The number of benzene rings is 1. The lowest BCUT2D eigenvalue weighted by molar-refractivity contribution is -0.115. The van der Waals surface area contributed by atoms with Crippen molar-refractivity contribution in [3.63, 3.8) is 0 Å². The molecule has 4 rings (SSSR count). The lowest BCUT2D eigenvalue weighted by atomic mass is 9.95. The number of amides is 2. The zero-order chi connectivity index (χ0) is 25.9. The minimum absolute atomic E-state index is 0.278. The zero-order valence-corrected chi connectivity index (χ0v) is 22.1. The molecule has 0 radical (unpaired) electrons. The number of sulfone groups is 1. The molecule has 2 aromatic heterocycles. The molecule has 0 aliphatic heterocycles. The number of hydrogen-bond acceptors (Lipinski definition) is 8. The Morgan fingerprint density at radius 1 is 1.17 bits per heavy atom. The fraction of sp³-hybridized carbons (Fsp3) is 0.333. The number of carbonyl (C=O) groups is 3. The monoisotopic (exact) mass is 547 g/mol. The molecule has 2 heterocycles. The summed E-state index contributed by atoms with van der Waals surface area (Å²) in [5.74, 6) is -4.08. The molecule has 9 nitrogen and oxygen atoms in total. The van der Waals surface area contributed by atoms with Crippen LogP contribution < -0.4 is 10.1 Å². The number of nitrogens with one attached hydrogen (secondary N) is 1. The van der Waals surface area contributed by atoms with Gasteiger partial charge < -0.3 is 14.6 Å². The van der Waals surface area contributed by atoms with E-state index in [1.165, 1.54) is 29.8 Å². The standard InChI is InChI=1S/C24H25N3O6S3/c1-3-12-27-16-9-5-7-11-18(16)35-24(27)26-20(29)14-36(31,32)13-19(28)25-22-21(23(30)33-2)15-8-4-6-10-17(15)34-22/h3,5,7,9,11H,1,4,6,8,10,12-14H2,2H3,(H,25,28). The van der Waals surface area contributed by atoms with Gasteiger partial charge in [0.15, 0.2) is 14.6 Å². The Balaban J connectivity index is 1.50. The van der Waals surface area contributed by atoms with Crippen molar-refractivity contribution in [3.05, 3.63) is 57.7 Å². The summed E-state index contributed by atoms with van der Waals surface area (Å²) in [6.45, 7) is 4.12. The van der Waals surface area contributed by atoms with Crippen LogP contribution in [0.4, 0.5) is 5.00 Å². The lowest BCUT2D eigenvalue weighted by Gasteiger charge is -2.11. The Hall–Kier alpha value is -3.09. The van der Waals surface area contributed by atoms with Gasteiger partial charge in [-0.05, 0) is 43.4 Å². The molecule has 1 N–H and O–H groups in total. The van der Waals surface area contributed by atoms with E-state index in [1.807, 2.05) is 24.3 Å². The molecule has 0 spiro atoms. The smallest absolute Gasteiger partial charge is 0.341 e. The van der Waals surface area contributed by atoms with Gasteiger partial charge in [-0.3, -0.25) is 9.59 Å². The summed E-state index contributed by atoms with van der Waals surface area (Å²) in [6.07, 6.45) is 5.05. The Labute approximate surface area is 216 Å². The van der Waals surface area contributed by atoms with Crippen molar-refractivity contribution in [1.82, 2.24) is 4.57 Å². The summed E-state index contributed by atoms with van der Waals surface area (Å²) in [4.78, 5) is 42.9. The quantitative estimate of drug-likeness (QED) is 0.341. The van der Waals surface area contributed by atoms with Crippen LogP contribution >= 0.6 is 22.7 Å². The Kier molecular flexibility index (Phi) is 7.86. The van der Waals surface area contributed by atoms with Gasteiger partial charge in [0, 0.05) is 11.4 Å². The SMILES string of the molecule is C=CCn1c(=NC(=O)CS(=O)(=O)CC(=O)Nc2sc3c(c2C(=O)OC)CCCC3)sc2ccccc21. The molecule has 12 heteroatoms. The van der Waals surface area contributed by atoms with E-state index in [0.717, 1.165) is 39.9 Å². The van der Waals surface area contributed by atoms with E-state index in [4.69, 9.17) is 4.74 Å². The third kappa shape index (κ3) is 5.66. The minimum Gasteiger partial charge on any atom is -0.465 e. The highest BCUT2D eigenvalue weighted by Gasteiger charge is 2.28. The van der Waals surface area contributed by atoms with E-state index in [2.05, 4.69) is 16.9 Å². The van der Waals surface area contributed by atoms with E-state index < -0.39 is 39.1 Å². The number of ether oxygens (including phenoxy) is 1. The molecule has 1 aliphatic carbocycles. The first kappa shape index (κ1) is 26.0. The number of hydrogen-bond donors (Lipinski definition) is 1. The highest BCUT2D eigenvalue weighted by atomic mass is 32.2. The number of aryl methyl sites for hydroxylation is 1. The van der Waals surface area contributed by atoms with Crippen molar-refractivity contribution in [2.75, 3.05) is 23.9 Å². The molecular weight excluding hydrogens is 522 g/mol. The van der Waals surface area contributed by atoms with E-state index >= 15 is 0 Å². The first-order valence-corrected chi connectivity index (χ1v) is 14.7. The largest absolute Gasteiger partial charge is 0.465 e. The molecule has 3 aromatic rings. The van der Waals surface area contributed by atoms with Crippen molar-refractivity contribution in [3.8, 4) is 0 Å². The number of esters is 1. The number of allylic oxidation sites excluding steroid dienone is 1. The third-order valence-electron chi connectivity index (χ3n) is 5.63. The number of aromatic nitrogens is 1. The number of carbonyl (C=O) groups excluding carboxylic acids is 3. The molecule has 0 atom stereocenters. The van der Waals surface area contributed by atoms with E-state index in [9.17, 15) is 22.8 Å². The lowest BCUT2D eigenvalue weighted by Crippen LogP contribution is -2.28. The second-order valence-corrected chi connectivity index (χ2v) is 12.4. The van der Waals surface area contributed by atoms with Crippen molar-refractivity contribution in [2.45, 2.75) is 32.2 Å². The number of thiophene rings is 1. The van der Waals surface area contributed by atoms with Crippen molar-refractivity contribution >= 4 is 65.5 Å². The Morgan fingerprint density at radius 2 is 1.92 bits per heavy atom. The van der Waals surface area contributed by atoms with Crippen LogP contribution in [0.2, 0.25) is 0 Å². The van der Waals surface area contributed by atoms with Gasteiger partial charge in [0.25, 0.3) is 5.91 Å². The second-order valence-electron chi connectivity index (χ2n) is 8.24. The van der Waals surface area contributed by atoms with Crippen LogP contribution in [0, 0.1) is 0 Å². The summed E-state index contributed by atoms with van der Waals surface area (Å²) in [7, 11) is -2.85. The average molecular weight is 548 g/mol. The van der Waals surface area contributed by atoms with Gasteiger partial charge in [-0.25, -0.2) is 13.2 Å². The van der Waals surface area contributed by atoms with Gasteiger partial charge in [-0.1, -0.05) is 29.5 Å². The van der Waals surface area contributed by atoms with Crippen LogP contribution in [0.15, 0.2) is 41.9 Å². The second kappa shape index (κ2) is 10.9. The van der Waals surface area contributed by atoms with Crippen molar-refractivity contribution < 1.29 is 27.5 Å². The topological polar surface area (TPSA) is 124 Å². The fourth-order valence-electron chi connectivity index (χ4n) is 4.12. The number of para-hydroxylation sites is 1. The van der Waals surface area contributed by atoms with Crippen LogP contribution in [0.1, 0.15) is 33.6 Å². The van der Waals surface area contributed by atoms with Crippen LogP contribution in [0.3, 0.4) is 0 Å². The van der Waals surface area contributed by atoms with Gasteiger partial charge in [-0.15, -0.1) is 17.9 Å². The van der Waals surface area contributed by atoms with Crippen LogP contribution in [-0.2, 0) is 43.5 Å². The van der Waals surface area contributed by atoms with Gasteiger partial charge >= 0.3 is 5.97 Å². The van der Waals surface area contributed by atoms with Gasteiger partial charge in [0.1, 0.15) is 16.5 Å². The van der Waals surface area contributed by atoms with Crippen LogP contribution in [0.25, 0.3) is 10.2 Å². The molecule has 0 saturated carbocycles. The average Bonchev–Trinajstić information content (AvgIpc) is 3.35. The molecule has 2 amide bonds. The van der Waals surface area contributed by atoms with Gasteiger partial charge in [-0.2, -0.15) is 4.99 Å². The van der Waals surface area contributed by atoms with E-state index in [1.54, 1.807) is 10.6 Å². The predicted octanol–water partition coefficient (Wildman–Crippen LogP) is 3.10.